The Bertz CT molecular complexity index is 392. The van der Waals surface area contributed by atoms with E-state index in [1.165, 1.54) is 0 Å². The van der Waals surface area contributed by atoms with Gasteiger partial charge in [0.2, 0.25) is 5.91 Å². The topological polar surface area (TPSA) is 84.6 Å². The van der Waals surface area contributed by atoms with E-state index < -0.39 is 6.04 Å². The highest BCUT2D eigenvalue weighted by molar-refractivity contribution is 5.82. The largest absolute Gasteiger partial charge is 0.508 e. The van der Waals surface area contributed by atoms with E-state index in [1.54, 1.807) is 24.3 Å². The molecule has 0 spiro atoms. The van der Waals surface area contributed by atoms with Crippen LogP contribution in [-0.4, -0.2) is 36.3 Å². The van der Waals surface area contributed by atoms with Gasteiger partial charge in [0.1, 0.15) is 5.75 Å². The highest BCUT2D eigenvalue weighted by atomic mass is 16.5. The van der Waals surface area contributed by atoms with Crippen LogP contribution in [0.1, 0.15) is 19.4 Å². The van der Waals surface area contributed by atoms with Crippen LogP contribution in [0.5, 0.6) is 5.75 Å². The van der Waals surface area contributed by atoms with Gasteiger partial charge in [-0.3, -0.25) is 4.79 Å². The van der Waals surface area contributed by atoms with E-state index in [4.69, 9.17) is 10.5 Å². The average molecular weight is 266 g/mol. The fraction of sp³-hybridized carbons (Fsp3) is 0.500. The molecule has 2 unspecified atom stereocenters. The molecular weight excluding hydrogens is 244 g/mol. The number of rotatable bonds is 7. The molecule has 0 aliphatic heterocycles. The summed E-state index contributed by atoms with van der Waals surface area (Å²) < 4.78 is 5.22. The molecule has 0 saturated carbocycles. The Balaban J connectivity index is 2.42. The van der Waals surface area contributed by atoms with Crippen LogP contribution in [-0.2, 0) is 16.0 Å². The van der Waals surface area contributed by atoms with E-state index in [1.807, 2.05) is 13.8 Å². The summed E-state index contributed by atoms with van der Waals surface area (Å²) in [7, 11) is 0. The summed E-state index contributed by atoms with van der Waals surface area (Å²) in [6, 6.07) is 6.01. The van der Waals surface area contributed by atoms with Gasteiger partial charge in [0.15, 0.2) is 0 Å². The first kappa shape index (κ1) is 15.5. The van der Waals surface area contributed by atoms with Gasteiger partial charge in [0.05, 0.1) is 12.6 Å². The highest BCUT2D eigenvalue weighted by Crippen LogP contribution is 2.10. The van der Waals surface area contributed by atoms with E-state index in [-0.39, 0.29) is 17.7 Å². The molecule has 5 nitrogen and oxygen atoms in total. The number of phenols is 1. The first-order valence-electron chi connectivity index (χ1n) is 6.44. The van der Waals surface area contributed by atoms with Crippen molar-refractivity contribution in [1.29, 1.82) is 0 Å². The third-order valence-electron chi connectivity index (χ3n) is 2.69. The number of nitrogens with two attached hydrogens (primary N) is 1. The summed E-state index contributed by atoms with van der Waals surface area (Å²) in [5.74, 6) is 0.00684. The van der Waals surface area contributed by atoms with Crippen molar-refractivity contribution in [2.24, 2.45) is 5.73 Å². The number of phenolic OH excluding ortho intramolecular Hbond substituents is 1. The lowest BCUT2D eigenvalue weighted by molar-refractivity contribution is -0.123. The van der Waals surface area contributed by atoms with Gasteiger partial charge >= 0.3 is 0 Å². The second-order valence-electron chi connectivity index (χ2n) is 4.55. The molecule has 0 fully saturated rings. The van der Waals surface area contributed by atoms with E-state index in [0.717, 1.165) is 5.56 Å². The van der Waals surface area contributed by atoms with Crippen molar-refractivity contribution in [1.82, 2.24) is 5.32 Å². The van der Waals surface area contributed by atoms with Crippen molar-refractivity contribution in [2.45, 2.75) is 32.4 Å². The normalized spacial score (nSPS) is 13.8. The van der Waals surface area contributed by atoms with Crippen LogP contribution >= 0.6 is 0 Å². The van der Waals surface area contributed by atoms with Gasteiger partial charge in [-0.15, -0.1) is 0 Å². The number of hydrogen-bond acceptors (Lipinski definition) is 4. The minimum Gasteiger partial charge on any atom is -0.508 e. The predicted octanol–water partition coefficient (Wildman–Crippen LogP) is 0.803. The molecule has 0 radical (unpaired) electrons. The molecular formula is C14H22N2O3. The Labute approximate surface area is 113 Å². The lowest BCUT2D eigenvalue weighted by Gasteiger charge is -2.17. The third kappa shape index (κ3) is 5.72. The van der Waals surface area contributed by atoms with Crippen LogP contribution in [0, 0.1) is 0 Å². The Morgan fingerprint density at radius 1 is 1.42 bits per heavy atom. The maximum absolute atomic E-state index is 11.8. The van der Waals surface area contributed by atoms with Gasteiger partial charge in [-0.25, -0.2) is 0 Å². The van der Waals surface area contributed by atoms with E-state index in [2.05, 4.69) is 5.32 Å². The number of nitrogens with one attached hydrogen (secondary N) is 1. The fourth-order valence-corrected chi connectivity index (χ4v) is 1.66. The van der Waals surface area contributed by atoms with Crippen LogP contribution in [0.4, 0.5) is 0 Å². The van der Waals surface area contributed by atoms with E-state index >= 15 is 0 Å². The number of carbonyl (C=O) groups is 1. The number of amides is 1. The zero-order chi connectivity index (χ0) is 14.3. The average Bonchev–Trinajstić information content (AvgIpc) is 2.39. The lowest BCUT2D eigenvalue weighted by atomic mass is 10.1. The van der Waals surface area contributed by atoms with Gasteiger partial charge in [-0.05, 0) is 38.0 Å². The van der Waals surface area contributed by atoms with Gasteiger partial charge in [-0.2, -0.15) is 0 Å². The SMILES string of the molecule is CCOCC(C)NC(=O)C(N)Cc1ccc(O)cc1. The summed E-state index contributed by atoms with van der Waals surface area (Å²) in [6.07, 6.45) is 0.438. The highest BCUT2D eigenvalue weighted by Gasteiger charge is 2.16. The van der Waals surface area contributed by atoms with Crippen LogP contribution in [0.25, 0.3) is 0 Å². The van der Waals surface area contributed by atoms with Gasteiger partial charge in [-0.1, -0.05) is 12.1 Å². The van der Waals surface area contributed by atoms with Crippen molar-refractivity contribution < 1.29 is 14.6 Å². The molecule has 0 aromatic heterocycles. The number of ether oxygens (including phenoxy) is 1. The molecule has 0 bridgehead atoms. The predicted molar refractivity (Wildman–Crippen MR) is 73.9 cm³/mol. The van der Waals surface area contributed by atoms with Crippen molar-refractivity contribution in [3.8, 4) is 5.75 Å². The molecule has 0 heterocycles. The van der Waals surface area contributed by atoms with Gasteiger partial charge in [0.25, 0.3) is 0 Å². The monoisotopic (exact) mass is 266 g/mol. The molecule has 1 aromatic carbocycles. The smallest absolute Gasteiger partial charge is 0.237 e. The Kier molecular flexibility index (Phi) is 6.32. The zero-order valence-electron chi connectivity index (χ0n) is 11.4. The quantitative estimate of drug-likeness (QED) is 0.681. The molecule has 0 aliphatic carbocycles. The molecule has 106 valence electrons. The Hall–Kier alpha value is -1.59. The maximum Gasteiger partial charge on any atom is 0.237 e. The maximum atomic E-state index is 11.8. The van der Waals surface area contributed by atoms with Crippen molar-refractivity contribution in [3.63, 3.8) is 0 Å². The zero-order valence-corrected chi connectivity index (χ0v) is 11.4. The molecule has 0 saturated heterocycles. The van der Waals surface area contributed by atoms with E-state index in [9.17, 15) is 9.90 Å². The second-order valence-corrected chi connectivity index (χ2v) is 4.55. The lowest BCUT2D eigenvalue weighted by Crippen LogP contribution is -2.46. The summed E-state index contributed by atoms with van der Waals surface area (Å²) in [6.45, 7) is 4.89. The summed E-state index contributed by atoms with van der Waals surface area (Å²) in [5.41, 5.74) is 6.76. The molecule has 5 heteroatoms. The van der Waals surface area contributed by atoms with Gasteiger partial charge in [0, 0.05) is 12.6 Å². The van der Waals surface area contributed by atoms with Crippen LogP contribution in [0.2, 0.25) is 0 Å². The molecule has 2 atom stereocenters. The van der Waals surface area contributed by atoms with Crippen molar-refractivity contribution >= 4 is 5.91 Å². The molecule has 1 amide bonds. The molecule has 1 aromatic rings. The standard InChI is InChI=1S/C14H22N2O3/c1-3-19-9-10(2)16-14(18)13(15)8-11-4-6-12(17)7-5-11/h4-7,10,13,17H,3,8-9,15H2,1-2H3,(H,16,18). The molecule has 19 heavy (non-hydrogen) atoms. The Morgan fingerprint density at radius 2 is 2.05 bits per heavy atom. The number of benzene rings is 1. The van der Waals surface area contributed by atoms with Crippen LogP contribution in [0.15, 0.2) is 24.3 Å². The van der Waals surface area contributed by atoms with Crippen LogP contribution < -0.4 is 11.1 Å². The summed E-state index contributed by atoms with van der Waals surface area (Å²) >= 11 is 0. The molecule has 4 N–H and O–H groups in total. The molecule has 0 aliphatic rings. The summed E-state index contributed by atoms with van der Waals surface area (Å²) in [4.78, 5) is 11.8. The minimum absolute atomic E-state index is 0.0571. The first-order valence-corrected chi connectivity index (χ1v) is 6.44. The number of aromatic hydroxyl groups is 1. The molecule has 1 rings (SSSR count). The third-order valence-corrected chi connectivity index (χ3v) is 2.69. The van der Waals surface area contributed by atoms with Gasteiger partial charge < -0.3 is 20.9 Å². The van der Waals surface area contributed by atoms with Crippen molar-refractivity contribution in [2.75, 3.05) is 13.2 Å². The second kappa shape index (κ2) is 7.76. The first-order chi connectivity index (χ1) is 9.02. The fourth-order valence-electron chi connectivity index (χ4n) is 1.66. The van der Waals surface area contributed by atoms with Crippen molar-refractivity contribution in [3.05, 3.63) is 29.8 Å². The summed E-state index contributed by atoms with van der Waals surface area (Å²) in [5, 5.41) is 12.0. The van der Waals surface area contributed by atoms with E-state index in [0.29, 0.717) is 19.6 Å². The minimum atomic E-state index is -0.603. The van der Waals surface area contributed by atoms with Crippen LogP contribution in [0.3, 0.4) is 0 Å². The Morgan fingerprint density at radius 3 is 2.63 bits per heavy atom. The number of hydrogen-bond donors (Lipinski definition) is 3. The number of carbonyl (C=O) groups excluding carboxylic acids is 1.